The molecule has 1 saturated heterocycles. The van der Waals surface area contributed by atoms with Gasteiger partial charge in [-0.25, -0.2) is 0 Å². The molecule has 156 valence electrons. The number of rotatable bonds is 8. The van der Waals surface area contributed by atoms with Gasteiger partial charge in [-0.3, -0.25) is 9.48 Å². The zero-order chi connectivity index (χ0) is 20.7. The molecule has 1 aromatic carbocycles. The Bertz CT molecular complexity index is 805. The molecule has 0 amide bonds. The van der Waals surface area contributed by atoms with E-state index in [0.29, 0.717) is 12.6 Å². The van der Waals surface area contributed by atoms with Gasteiger partial charge in [0.15, 0.2) is 0 Å². The highest BCUT2D eigenvalue weighted by atomic mass is 16.5. The number of benzene rings is 1. The molecule has 6 heteroatoms. The highest BCUT2D eigenvalue weighted by Crippen LogP contribution is 2.25. The maximum absolute atomic E-state index is 12.1. The van der Waals surface area contributed by atoms with Crippen LogP contribution in [0, 0.1) is 5.41 Å². The van der Waals surface area contributed by atoms with Gasteiger partial charge in [-0.2, -0.15) is 5.10 Å². The average Bonchev–Trinajstić information content (AvgIpc) is 3.16. The molecule has 3 rings (SSSR count). The van der Waals surface area contributed by atoms with Gasteiger partial charge < -0.3 is 14.6 Å². The molecule has 0 atom stereocenters. The minimum absolute atomic E-state index is 0.0978. The maximum Gasteiger partial charge on any atom is 0.310 e. The second-order valence-corrected chi connectivity index (χ2v) is 8.53. The van der Waals surface area contributed by atoms with Gasteiger partial charge >= 0.3 is 5.97 Å². The Kier molecular flexibility index (Phi) is 7.20. The molecule has 1 aromatic heterocycles. The predicted molar refractivity (Wildman–Crippen MR) is 115 cm³/mol. The second kappa shape index (κ2) is 9.83. The van der Waals surface area contributed by atoms with Crippen LogP contribution in [0.2, 0.25) is 0 Å². The number of carbonyl (C=O) groups excluding carboxylic acids is 1. The molecular weight excluding hydrogens is 364 g/mol. The first-order valence-corrected chi connectivity index (χ1v) is 10.3. The van der Waals surface area contributed by atoms with Crippen molar-refractivity contribution in [1.82, 2.24) is 14.7 Å². The SMILES string of the molecule is CN=CC(C)(C)CN1CCC(n2cc(CC(=O)OCc3ccccc3)cn2)CC1. The van der Waals surface area contributed by atoms with E-state index in [0.717, 1.165) is 43.6 Å². The van der Waals surface area contributed by atoms with Crippen molar-refractivity contribution in [3.63, 3.8) is 0 Å². The Balaban J connectivity index is 1.45. The zero-order valence-corrected chi connectivity index (χ0v) is 17.8. The summed E-state index contributed by atoms with van der Waals surface area (Å²) >= 11 is 0. The Hall–Kier alpha value is -2.47. The van der Waals surface area contributed by atoms with Crippen LogP contribution in [0.15, 0.2) is 47.7 Å². The van der Waals surface area contributed by atoms with Gasteiger partial charge in [0.05, 0.1) is 18.7 Å². The fourth-order valence-electron chi connectivity index (χ4n) is 3.93. The zero-order valence-electron chi connectivity index (χ0n) is 17.8. The van der Waals surface area contributed by atoms with E-state index < -0.39 is 0 Å². The summed E-state index contributed by atoms with van der Waals surface area (Å²) in [5.41, 5.74) is 2.00. The van der Waals surface area contributed by atoms with E-state index in [9.17, 15) is 4.79 Å². The molecule has 0 radical (unpaired) electrons. The quantitative estimate of drug-likeness (QED) is 0.506. The van der Waals surface area contributed by atoms with Gasteiger partial charge in [0.1, 0.15) is 6.61 Å². The number of hydrogen-bond acceptors (Lipinski definition) is 5. The molecule has 0 bridgehead atoms. The highest BCUT2D eigenvalue weighted by molar-refractivity contribution is 5.72. The third-order valence-corrected chi connectivity index (χ3v) is 5.29. The van der Waals surface area contributed by atoms with Crippen molar-refractivity contribution in [3.05, 3.63) is 53.9 Å². The lowest BCUT2D eigenvalue weighted by molar-refractivity contribution is -0.144. The van der Waals surface area contributed by atoms with Gasteiger partial charge in [0.25, 0.3) is 0 Å². The first kappa shape index (κ1) is 21.2. The topological polar surface area (TPSA) is 59.7 Å². The molecule has 6 nitrogen and oxygen atoms in total. The van der Waals surface area contributed by atoms with E-state index in [2.05, 4.69) is 28.8 Å². The fraction of sp³-hybridized carbons (Fsp3) is 0.522. The van der Waals surface area contributed by atoms with Crippen LogP contribution in [0.3, 0.4) is 0 Å². The summed E-state index contributed by atoms with van der Waals surface area (Å²) in [5.74, 6) is -0.219. The lowest BCUT2D eigenvalue weighted by Gasteiger charge is -2.36. The summed E-state index contributed by atoms with van der Waals surface area (Å²) in [5, 5.41) is 4.51. The van der Waals surface area contributed by atoms with Crippen LogP contribution in [0.4, 0.5) is 0 Å². The number of nitrogens with zero attached hydrogens (tertiary/aromatic N) is 4. The van der Waals surface area contributed by atoms with Crippen LogP contribution < -0.4 is 0 Å². The Morgan fingerprint density at radius 2 is 1.97 bits per heavy atom. The molecule has 1 fully saturated rings. The van der Waals surface area contributed by atoms with Crippen LogP contribution in [0.25, 0.3) is 0 Å². The first-order valence-electron chi connectivity index (χ1n) is 10.3. The van der Waals surface area contributed by atoms with Crippen molar-refractivity contribution in [2.45, 2.75) is 45.8 Å². The molecule has 0 saturated carbocycles. The minimum Gasteiger partial charge on any atom is -0.461 e. The van der Waals surface area contributed by atoms with E-state index in [1.807, 2.05) is 54.5 Å². The number of esters is 1. The molecule has 29 heavy (non-hydrogen) atoms. The van der Waals surface area contributed by atoms with Gasteiger partial charge in [0.2, 0.25) is 0 Å². The Labute approximate surface area is 173 Å². The van der Waals surface area contributed by atoms with Gasteiger partial charge in [-0.05, 0) is 18.4 Å². The summed E-state index contributed by atoms with van der Waals surface area (Å²) in [6.07, 6.45) is 8.22. The molecular formula is C23H32N4O2. The third-order valence-electron chi connectivity index (χ3n) is 5.29. The number of aromatic nitrogens is 2. The van der Waals surface area contributed by atoms with E-state index in [1.165, 1.54) is 0 Å². The summed E-state index contributed by atoms with van der Waals surface area (Å²) in [6, 6.07) is 10.1. The van der Waals surface area contributed by atoms with Crippen LogP contribution in [-0.2, 0) is 22.6 Å². The molecule has 1 aliphatic rings. The van der Waals surface area contributed by atoms with Crippen molar-refractivity contribution in [3.8, 4) is 0 Å². The van der Waals surface area contributed by atoms with Crippen LogP contribution in [-0.4, -0.2) is 53.5 Å². The maximum atomic E-state index is 12.1. The lowest BCUT2D eigenvalue weighted by atomic mass is 9.93. The molecule has 1 aliphatic heterocycles. The van der Waals surface area contributed by atoms with Crippen molar-refractivity contribution in [1.29, 1.82) is 0 Å². The largest absolute Gasteiger partial charge is 0.461 e. The number of aliphatic imine (C=N–C) groups is 1. The Morgan fingerprint density at radius 1 is 1.24 bits per heavy atom. The van der Waals surface area contributed by atoms with Crippen molar-refractivity contribution in [2.24, 2.45) is 10.4 Å². The van der Waals surface area contributed by atoms with Crippen LogP contribution >= 0.6 is 0 Å². The number of likely N-dealkylation sites (tertiary alicyclic amines) is 1. The number of carbonyl (C=O) groups is 1. The average molecular weight is 397 g/mol. The Morgan fingerprint density at radius 3 is 2.66 bits per heavy atom. The summed E-state index contributed by atoms with van der Waals surface area (Å²) < 4.78 is 7.40. The molecule has 0 unspecified atom stereocenters. The monoisotopic (exact) mass is 396 g/mol. The fourth-order valence-corrected chi connectivity index (χ4v) is 3.93. The highest BCUT2D eigenvalue weighted by Gasteiger charge is 2.25. The van der Waals surface area contributed by atoms with Crippen LogP contribution in [0.5, 0.6) is 0 Å². The van der Waals surface area contributed by atoms with Crippen molar-refractivity contribution >= 4 is 12.2 Å². The van der Waals surface area contributed by atoms with Gasteiger partial charge in [0, 0.05) is 50.1 Å². The lowest BCUT2D eigenvalue weighted by Crippen LogP contribution is -2.41. The van der Waals surface area contributed by atoms with E-state index >= 15 is 0 Å². The van der Waals surface area contributed by atoms with Crippen molar-refractivity contribution < 1.29 is 9.53 Å². The van der Waals surface area contributed by atoms with Crippen molar-refractivity contribution in [2.75, 3.05) is 26.7 Å². The molecule has 2 aromatic rings. The molecule has 0 N–H and O–H groups in total. The molecule has 2 heterocycles. The van der Waals surface area contributed by atoms with E-state index in [4.69, 9.17) is 4.74 Å². The van der Waals surface area contributed by atoms with Crippen LogP contribution in [0.1, 0.15) is 43.9 Å². The number of piperidine rings is 1. The smallest absolute Gasteiger partial charge is 0.310 e. The molecule has 0 spiro atoms. The van der Waals surface area contributed by atoms with E-state index in [1.54, 1.807) is 6.20 Å². The van der Waals surface area contributed by atoms with Gasteiger partial charge in [-0.1, -0.05) is 44.2 Å². The normalized spacial score (nSPS) is 16.4. The van der Waals surface area contributed by atoms with E-state index in [-0.39, 0.29) is 17.8 Å². The second-order valence-electron chi connectivity index (χ2n) is 8.53. The first-order chi connectivity index (χ1) is 13.9. The summed E-state index contributed by atoms with van der Waals surface area (Å²) in [4.78, 5) is 18.8. The minimum atomic E-state index is -0.219. The molecule has 0 aliphatic carbocycles. The standard InChI is InChI=1S/C23H32N4O2/c1-23(2,17-24-3)18-26-11-9-21(10-12-26)27-15-20(14-25-27)13-22(28)29-16-19-7-5-4-6-8-19/h4-8,14-15,17,21H,9-13,16,18H2,1-3H3. The number of ether oxygens (including phenoxy) is 1. The third kappa shape index (κ3) is 6.53. The van der Waals surface area contributed by atoms with Gasteiger partial charge in [-0.15, -0.1) is 0 Å². The summed E-state index contributed by atoms with van der Waals surface area (Å²) in [6.45, 7) is 7.89. The summed E-state index contributed by atoms with van der Waals surface area (Å²) in [7, 11) is 1.83. The predicted octanol–water partition coefficient (Wildman–Crippen LogP) is 3.53. The number of hydrogen-bond donors (Lipinski definition) is 0.